The van der Waals surface area contributed by atoms with Gasteiger partial charge in [0.15, 0.2) is 11.1 Å². The lowest BCUT2D eigenvalue weighted by Crippen LogP contribution is -2.10. The number of fused-ring (bicyclic) bond motifs is 1. The second kappa shape index (κ2) is 10.5. The summed E-state index contributed by atoms with van der Waals surface area (Å²) in [5.41, 5.74) is 0.256. The Morgan fingerprint density at radius 2 is 2.00 bits per heavy atom. The molecule has 2 rings (SSSR count). The predicted octanol–water partition coefficient (Wildman–Crippen LogP) is 3.22. The van der Waals surface area contributed by atoms with Gasteiger partial charge >= 0.3 is 5.97 Å². The van der Waals surface area contributed by atoms with Gasteiger partial charge in [0.2, 0.25) is 0 Å². The van der Waals surface area contributed by atoms with E-state index in [1.165, 1.54) is 18.3 Å². The summed E-state index contributed by atoms with van der Waals surface area (Å²) < 4.78 is 5.18. The van der Waals surface area contributed by atoms with Gasteiger partial charge in [0.05, 0.1) is 0 Å². The molecule has 134 valence electrons. The van der Waals surface area contributed by atoms with Crippen LogP contribution >= 0.6 is 0 Å². The van der Waals surface area contributed by atoms with Crippen molar-refractivity contribution in [3.63, 3.8) is 0 Å². The van der Waals surface area contributed by atoms with E-state index in [2.05, 4.69) is 20.0 Å². The molecule has 2 aromatic rings. The van der Waals surface area contributed by atoms with Crippen LogP contribution in [0.2, 0.25) is 0 Å². The van der Waals surface area contributed by atoms with Crippen LogP contribution < -0.4 is 9.57 Å². The number of rotatable bonds is 8. The topological polar surface area (TPSA) is 130 Å². The van der Waals surface area contributed by atoms with E-state index in [1.807, 2.05) is 13.8 Å². The Balaban J connectivity index is 0.00000151. The number of pyridine rings is 1. The van der Waals surface area contributed by atoms with Crippen LogP contribution in [-0.4, -0.2) is 22.6 Å². The van der Waals surface area contributed by atoms with Crippen molar-refractivity contribution in [3.8, 4) is 11.5 Å². The zero-order valence-electron chi connectivity index (χ0n) is 13.7. The molecule has 0 saturated carbocycles. The van der Waals surface area contributed by atoms with E-state index < -0.39 is 11.1 Å². The van der Waals surface area contributed by atoms with Gasteiger partial charge in [-0.05, 0) is 30.7 Å². The molecule has 0 saturated heterocycles. The highest BCUT2D eigenvalue weighted by atomic mass is 17.0. The van der Waals surface area contributed by atoms with Crippen LogP contribution in [-0.2, 0) is 9.63 Å². The van der Waals surface area contributed by atoms with Crippen molar-refractivity contribution in [2.45, 2.75) is 26.7 Å². The molecule has 1 aromatic carbocycles. The molecule has 1 aromatic heterocycles. The summed E-state index contributed by atoms with van der Waals surface area (Å²) in [6, 6.07) is 5.80. The zero-order valence-corrected chi connectivity index (χ0v) is 13.7. The molecule has 0 atom stereocenters. The van der Waals surface area contributed by atoms with Crippen LogP contribution in [0, 0.1) is 15.0 Å². The average molecular weight is 351 g/mol. The van der Waals surface area contributed by atoms with E-state index in [9.17, 15) is 19.8 Å². The molecule has 1 heterocycles. The summed E-state index contributed by atoms with van der Waals surface area (Å²) >= 11 is 0. The molecule has 10 heteroatoms. The lowest BCUT2D eigenvalue weighted by atomic mass is 10.2. The summed E-state index contributed by atoms with van der Waals surface area (Å²) in [5.74, 6) is -0.423. The monoisotopic (exact) mass is 351 g/mol. The first-order valence-corrected chi connectivity index (χ1v) is 7.47. The minimum atomic E-state index is -0.936. The van der Waals surface area contributed by atoms with E-state index in [0.717, 1.165) is 0 Å². The lowest BCUT2D eigenvalue weighted by Gasteiger charge is -2.09. The quantitative estimate of drug-likeness (QED) is 0.177. The van der Waals surface area contributed by atoms with Crippen LogP contribution in [0.25, 0.3) is 10.9 Å². The fraction of sp³-hybridized carbons (Fsp3) is 0.333. The number of benzene rings is 1. The van der Waals surface area contributed by atoms with Gasteiger partial charge in [-0.15, -0.1) is 15.0 Å². The molecule has 10 nitrogen and oxygen atoms in total. The minimum absolute atomic E-state index is 0.00715. The fourth-order valence-corrected chi connectivity index (χ4v) is 1.85. The van der Waals surface area contributed by atoms with Crippen molar-refractivity contribution < 1.29 is 24.3 Å². The average Bonchev–Trinajstić information content (AvgIpc) is 2.62. The van der Waals surface area contributed by atoms with Gasteiger partial charge in [-0.25, -0.2) is 0 Å². The van der Waals surface area contributed by atoms with Gasteiger partial charge < -0.3 is 9.57 Å². The SMILES string of the molecule is CC.O=NOCCCC(=O)Oc1ccc(O[N+](=O)[O-])c2cccnc12. The molecule has 0 aliphatic carbocycles. The molecule has 0 bridgehead atoms. The third kappa shape index (κ3) is 6.01. The van der Waals surface area contributed by atoms with E-state index in [-0.39, 0.29) is 36.5 Å². The Morgan fingerprint density at radius 3 is 2.68 bits per heavy atom. The lowest BCUT2D eigenvalue weighted by molar-refractivity contribution is -0.710. The van der Waals surface area contributed by atoms with Crippen LogP contribution in [0.4, 0.5) is 0 Å². The van der Waals surface area contributed by atoms with Crippen molar-refractivity contribution in [2.75, 3.05) is 6.61 Å². The van der Waals surface area contributed by atoms with Crippen LogP contribution in [0.1, 0.15) is 26.7 Å². The molecule has 0 radical (unpaired) electrons. The summed E-state index contributed by atoms with van der Waals surface area (Å²) in [5, 5.41) is 12.1. The van der Waals surface area contributed by atoms with Crippen molar-refractivity contribution in [1.82, 2.24) is 4.98 Å². The highest BCUT2D eigenvalue weighted by molar-refractivity contribution is 5.91. The molecule has 0 unspecified atom stereocenters. The Bertz CT molecular complexity index is 736. The van der Waals surface area contributed by atoms with E-state index >= 15 is 0 Å². The molecule has 0 aliphatic heterocycles. The first kappa shape index (κ1) is 19.7. The number of carbonyl (C=O) groups excluding carboxylic acids is 1. The molecule has 0 aliphatic rings. The molecule has 0 fully saturated rings. The maximum Gasteiger partial charge on any atom is 0.311 e. The Morgan fingerprint density at radius 1 is 1.28 bits per heavy atom. The number of carbonyl (C=O) groups is 1. The summed E-state index contributed by atoms with van der Waals surface area (Å²) in [6.45, 7) is 4.01. The summed E-state index contributed by atoms with van der Waals surface area (Å²) in [7, 11) is 0. The van der Waals surface area contributed by atoms with Crippen molar-refractivity contribution in [3.05, 3.63) is 45.5 Å². The molecule has 25 heavy (non-hydrogen) atoms. The minimum Gasteiger partial charge on any atom is -0.424 e. The largest absolute Gasteiger partial charge is 0.424 e. The van der Waals surface area contributed by atoms with Crippen LogP contribution in [0.5, 0.6) is 11.5 Å². The van der Waals surface area contributed by atoms with Gasteiger partial charge in [0.1, 0.15) is 17.9 Å². The van der Waals surface area contributed by atoms with Crippen LogP contribution in [0.15, 0.2) is 35.8 Å². The molecule has 0 amide bonds. The van der Waals surface area contributed by atoms with Gasteiger partial charge in [0, 0.05) is 18.0 Å². The van der Waals surface area contributed by atoms with Crippen molar-refractivity contribution in [1.29, 1.82) is 0 Å². The number of esters is 1. The highest BCUT2D eigenvalue weighted by Gasteiger charge is 2.13. The predicted molar refractivity (Wildman–Crippen MR) is 87.3 cm³/mol. The molecule has 0 spiro atoms. The Hall–Kier alpha value is -3.30. The molecular formula is C15H17N3O7. The van der Waals surface area contributed by atoms with Crippen molar-refractivity contribution >= 4 is 16.9 Å². The van der Waals surface area contributed by atoms with Gasteiger partial charge in [-0.1, -0.05) is 13.8 Å². The fourth-order valence-electron chi connectivity index (χ4n) is 1.85. The third-order valence-electron chi connectivity index (χ3n) is 2.76. The number of nitrogens with zero attached hydrogens (tertiary/aromatic N) is 3. The van der Waals surface area contributed by atoms with Crippen LogP contribution in [0.3, 0.4) is 0 Å². The number of aromatic nitrogens is 1. The summed E-state index contributed by atoms with van der Waals surface area (Å²) in [6.07, 6.45) is 1.73. The zero-order chi connectivity index (χ0) is 18.7. The first-order valence-electron chi connectivity index (χ1n) is 7.47. The van der Waals surface area contributed by atoms with E-state index in [0.29, 0.717) is 5.39 Å². The maximum absolute atomic E-state index is 11.7. The van der Waals surface area contributed by atoms with Gasteiger partial charge in [-0.2, -0.15) is 0 Å². The Kier molecular flexibility index (Phi) is 8.27. The molecular weight excluding hydrogens is 334 g/mol. The smallest absolute Gasteiger partial charge is 0.311 e. The second-order valence-electron chi connectivity index (χ2n) is 4.26. The molecule has 0 N–H and O–H groups in total. The highest BCUT2D eigenvalue weighted by Crippen LogP contribution is 2.31. The van der Waals surface area contributed by atoms with E-state index in [4.69, 9.17) is 4.74 Å². The number of ether oxygens (including phenoxy) is 1. The number of hydrogen-bond donors (Lipinski definition) is 0. The van der Waals surface area contributed by atoms with Gasteiger partial charge in [-0.3, -0.25) is 14.6 Å². The maximum atomic E-state index is 11.7. The first-order chi connectivity index (χ1) is 12.1. The van der Waals surface area contributed by atoms with E-state index in [1.54, 1.807) is 12.1 Å². The van der Waals surface area contributed by atoms with Crippen molar-refractivity contribution in [2.24, 2.45) is 5.34 Å². The third-order valence-corrected chi connectivity index (χ3v) is 2.76. The Labute approximate surface area is 142 Å². The second-order valence-corrected chi connectivity index (χ2v) is 4.26. The standard InChI is InChI=1S/C13H11N3O7.C2H6/c17-12(4-2-8-21-15-18)22-11-6-5-10(23-16(19)20)9-3-1-7-14-13(9)11;1-2/h1,3,5-7H,2,4,8H2;1-2H3. The number of hydrogen-bond acceptors (Lipinski definition) is 9. The summed E-state index contributed by atoms with van der Waals surface area (Å²) in [4.78, 5) is 44.7. The normalized spacial score (nSPS) is 9.52. The van der Waals surface area contributed by atoms with Gasteiger partial charge in [0.25, 0.3) is 5.09 Å².